The third-order valence-electron chi connectivity index (χ3n) is 3.45. The molecule has 0 atom stereocenters. The standard InChI is InChI=1S/C12H15BrN2O2S/c1-18-12(5-2-6-12)8-14-10-7-9(13)3-4-11(10)15(16)17/h3-4,7,14H,2,5-6,8H2,1H3. The molecule has 18 heavy (non-hydrogen) atoms. The zero-order chi connectivity index (χ0) is 13.2. The van der Waals surface area contributed by atoms with Crippen LogP contribution >= 0.6 is 27.7 Å². The Bertz CT molecular complexity index is 458. The summed E-state index contributed by atoms with van der Waals surface area (Å²) >= 11 is 5.20. The Morgan fingerprint density at radius 3 is 2.78 bits per heavy atom. The lowest BCUT2D eigenvalue weighted by molar-refractivity contribution is -0.384. The first-order valence-corrected chi connectivity index (χ1v) is 7.81. The van der Waals surface area contributed by atoms with Gasteiger partial charge < -0.3 is 5.32 Å². The molecule has 4 nitrogen and oxygen atoms in total. The molecule has 1 aliphatic carbocycles. The van der Waals surface area contributed by atoms with Crippen molar-refractivity contribution in [3.63, 3.8) is 0 Å². The SMILES string of the molecule is CSC1(CNc2cc(Br)ccc2[N+](=O)[O-])CCC1. The average Bonchev–Trinajstić information content (AvgIpc) is 2.28. The van der Waals surface area contributed by atoms with Crippen LogP contribution in [0.15, 0.2) is 22.7 Å². The lowest BCUT2D eigenvalue weighted by Crippen LogP contribution is -2.40. The van der Waals surface area contributed by atoms with E-state index in [0.29, 0.717) is 5.69 Å². The summed E-state index contributed by atoms with van der Waals surface area (Å²) in [4.78, 5) is 10.6. The summed E-state index contributed by atoms with van der Waals surface area (Å²) in [5, 5.41) is 14.2. The molecule has 0 aromatic heterocycles. The number of nitrogens with one attached hydrogen (secondary N) is 1. The quantitative estimate of drug-likeness (QED) is 0.653. The molecule has 0 unspecified atom stereocenters. The van der Waals surface area contributed by atoms with Crippen molar-refractivity contribution in [1.82, 2.24) is 0 Å². The maximum atomic E-state index is 11.0. The van der Waals surface area contributed by atoms with E-state index in [1.165, 1.54) is 25.3 Å². The van der Waals surface area contributed by atoms with Crippen LogP contribution in [-0.2, 0) is 0 Å². The largest absolute Gasteiger partial charge is 0.378 e. The highest BCUT2D eigenvalue weighted by Gasteiger charge is 2.36. The molecule has 1 aromatic rings. The molecule has 0 saturated heterocycles. The van der Waals surface area contributed by atoms with Gasteiger partial charge in [-0.25, -0.2) is 0 Å². The summed E-state index contributed by atoms with van der Waals surface area (Å²) in [7, 11) is 0. The van der Waals surface area contributed by atoms with Gasteiger partial charge in [0.05, 0.1) is 4.92 Å². The minimum Gasteiger partial charge on any atom is -0.378 e. The van der Waals surface area contributed by atoms with Crippen LogP contribution in [-0.4, -0.2) is 22.5 Å². The Balaban J connectivity index is 2.12. The van der Waals surface area contributed by atoms with Crippen LogP contribution in [0.1, 0.15) is 19.3 Å². The normalized spacial score (nSPS) is 17.0. The fourth-order valence-corrected chi connectivity index (χ4v) is 3.36. The van der Waals surface area contributed by atoms with Gasteiger partial charge in [0, 0.05) is 21.8 Å². The highest BCUT2D eigenvalue weighted by atomic mass is 79.9. The second-order valence-electron chi connectivity index (χ2n) is 4.51. The van der Waals surface area contributed by atoms with Gasteiger partial charge in [-0.05, 0) is 31.2 Å². The lowest BCUT2D eigenvalue weighted by Gasteiger charge is -2.40. The predicted octanol–water partition coefficient (Wildman–Crippen LogP) is 4.05. The van der Waals surface area contributed by atoms with Crippen molar-refractivity contribution in [2.45, 2.75) is 24.0 Å². The van der Waals surface area contributed by atoms with Gasteiger partial charge >= 0.3 is 0 Å². The van der Waals surface area contributed by atoms with Crippen molar-refractivity contribution < 1.29 is 4.92 Å². The molecule has 1 fully saturated rings. The van der Waals surface area contributed by atoms with Gasteiger partial charge in [-0.15, -0.1) is 0 Å². The molecular formula is C12H15BrN2O2S. The van der Waals surface area contributed by atoms with Gasteiger partial charge in [-0.2, -0.15) is 11.8 Å². The van der Waals surface area contributed by atoms with Gasteiger partial charge in [-0.1, -0.05) is 22.4 Å². The molecule has 1 saturated carbocycles. The van der Waals surface area contributed by atoms with Gasteiger partial charge in [0.15, 0.2) is 0 Å². The molecule has 0 amide bonds. The Kier molecular flexibility index (Phi) is 4.17. The first-order chi connectivity index (χ1) is 8.56. The second kappa shape index (κ2) is 5.48. The fourth-order valence-electron chi connectivity index (χ4n) is 2.09. The summed E-state index contributed by atoms with van der Waals surface area (Å²) in [6.45, 7) is 0.783. The first kappa shape index (κ1) is 13.7. The first-order valence-electron chi connectivity index (χ1n) is 5.79. The molecule has 0 bridgehead atoms. The highest BCUT2D eigenvalue weighted by Crippen LogP contribution is 2.43. The molecule has 0 aliphatic heterocycles. The zero-order valence-electron chi connectivity index (χ0n) is 10.1. The minimum atomic E-state index is -0.346. The Morgan fingerprint density at radius 1 is 1.56 bits per heavy atom. The van der Waals surface area contributed by atoms with Crippen molar-refractivity contribution in [3.8, 4) is 0 Å². The molecule has 0 spiro atoms. The van der Waals surface area contributed by atoms with E-state index in [1.807, 2.05) is 11.8 Å². The van der Waals surface area contributed by atoms with Gasteiger partial charge in [0.2, 0.25) is 0 Å². The average molecular weight is 331 g/mol. The highest BCUT2D eigenvalue weighted by molar-refractivity contribution is 9.10. The number of anilines is 1. The molecular weight excluding hydrogens is 316 g/mol. The topological polar surface area (TPSA) is 55.2 Å². The monoisotopic (exact) mass is 330 g/mol. The van der Waals surface area contributed by atoms with Crippen LogP contribution in [0.25, 0.3) is 0 Å². The van der Waals surface area contributed by atoms with E-state index < -0.39 is 0 Å². The van der Waals surface area contributed by atoms with Crippen LogP contribution in [0.5, 0.6) is 0 Å². The third kappa shape index (κ3) is 2.80. The van der Waals surface area contributed by atoms with E-state index in [4.69, 9.17) is 0 Å². The van der Waals surface area contributed by atoms with Crippen molar-refractivity contribution in [1.29, 1.82) is 0 Å². The Labute approximate surface area is 119 Å². The number of nitro groups is 1. The van der Waals surface area contributed by atoms with Crippen molar-refractivity contribution in [2.24, 2.45) is 0 Å². The smallest absolute Gasteiger partial charge is 0.292 e. The fraction of sp³-hybridized carbons (Fsp3) is 0.500. The van der Waals surface area contributed by atoms with Crippen LogP contribution in [0.2, 0.25) is 0 Å². The van der Waals surface area contributed by atoms with Gasteiger partial charge in [0.25, 0.3) is 5.69 Å². The molecule has 98 valence electrons. The number of benzene rings is 1. The maximum Gasteiger partial charge on any atom is 0.292 e. The van der Waals surface area contributed by atoms with Gasteiger partial charge in [-0.3, -0.25) is 10.1 Å². The molecule has 1 aliphatic rings. The summed E-state index contributed by atoms with van der Waals surface area (Å²) in [6.07, 6.45) is 5.73. The second-order valence-corrected chi connectivity index (χ2v) is 6.70. The van der Waals surface area contributed by atoms with E-state index in [1.54, 1.807) is 12.1 Å². The van der Waals surface area contributed by atoms with Crippen LogP contribution < -0.4 is 5.32 Å². The van der Waals surface area contributed by atoms with E-state index in [0.717, 1.165) is 11.0 Å². The Hall–Kier alpha value is -0.750. The van der Waals surface area contributed by atoms with Gasteiger partial charge in [0.1, 0.15) is 5.69 Å². The molecule has 0 heterocycles. The van der Waals surface area contributed by atoms with Crippen molar-refractivity contribution >= 4 is 39.1 Å². The lowest BCUT2D eigenvalue weighted by atomic mass is 9.84. The molecule has 2 rings (SSSR count). The molecule has 6 heteroatoms. The van der Waals surface area contributed by atoms with E-state index >= 15 is 0 Å². The molecule has 1 N–H and O–H groups in total. The number of hydrogen-bond donors (Lipinski definition) is 1. The summed E-state index contributed by atoms with van der Waals surface area (Å²) < 4.78 is 1.11. The molecule has 1 aromatic carbocycles. The maximum absolute atomic E-state index is 11.0. The van der Waals surface area contributed by atoms with Crippen LogP contribution in [0.3, 0.4) is 0 Å². The summed E-state index contributed by atoms with van der Waals surface area (Å²) in [5.74, 6) is 0. The third-order valence-corrected chi connectivity index (χ3v) is 5.37. The number of nitrogens with zero attached hydrogens (tertiary/aromatic N) is 1. The number of nitro benzene ring substituents is 1. The number of rotatable bonds is 5. The predicted molar refractivity (Wildman–Crippen MR) is 79.4 cm³/mol. The van der Waals surface area contributed by atoms with Crippen LogP contribution in [0, 0.1) is 10.1 Å². The number of halogens is 1. The van der Waals surface area contributed by atoms with Crippen molar-refractivity contribution in [2.75, 3.05) is 18.1 Å². The number of hydrogen-bond acceptors (Lipinski definition) is 4. The Morgan fingerprint density at radius 2 is 2.28 bits per heavy atom. The zero-order valence-corrected chi connectivity index (χ0v) is 12.5. The summed E-state index contributed by atoms with van der Waals surface area (Å²) in [6, 6.07) is 4.99. The molecule has 0 radical (unpaired) electrons. The summed E-state index contributed by atoms with van der Waals surface area (Å²) in [5.41, 5.74) is 0.725. The van der Waals surface area contributed by atoms with E-state index in [-0.39, 0.29) is 15.4 Å². The van der Waals surface area contributed by atoms with Crippen LogP contribution in [0.4, 0.5) is 11.4 Å². The van der Waals surface area contributed by atoms with E-state index in [9.17, 15) is 10.1 Å². The minimum absolute atomic E-state index is 0.133. The number of thioether (sulfide) groups is 1. The van der Waals surface area contributed by atoms with E-state index in [2.05, 4.69) is 27.5 Å². The van der Waals surface area contributed by atoms with Crippen molar-refractivity contribution in [3.05, 3.63) is 32.8 Å².